The number of fused-ring (bicyclic) bond motifs is 3. The van der Waals surface area contributed by atoms with E-state index in [-0.39, 0.29) is 5.91 Å². The molecule has 0 saturated heterocycles. The van der Waals surface area contributed by atoms with Crippen LogP contribution < -0.4 is 5.32 Å². The molecule has 0 fully saturated rings. The molecule has 146 valence electrons. The van der Waals surface area contributed by atoms with Crippen molar-refractivity contribution in [2.45, 2.75) is 6.54 Å². The predicted molar refractivity (Wildman–Crippen MR) is 113 cm³/mol. The van der Waals surface area contributed by atoms with Gasteiger partial charge >= 0.3 is 0 Å². The number of carbonyl (C=O) groups is 1. The SMILES string of the molecule is O=C(C=Cc1nnc2c3ccccc3cnn12)NCc1cnn(-c2ccccc2)c1. The highest BCUT2D eigenvalue weighted by atomic mass is 16.1. The van der Waals surface area contributed by atoms with E-state index in [1.54, 1.807) is 27.7 Å². The molecule has 5 rings (SSSR count). The Morgan fingerprint density at radius 1 is 0.967 bits per heavy atom. The van der Waals surface area contributed by atoms with Crippen LogP contribution in [0.3, 0.4) is 0 Å². The van der Waals surface area contributed by atoms with Crippen molar-refractivity contribution in [3.63, 3.8) is 0 Å². The van der Waals surface area contributed by atoms with Crippen LogP contribution in [0.15, 0.2) is 79.3 Å². The summed E-state index contributed by atoms with van der Waals surface area (Å²) in [4.78, 5) is 12.2. The Hall–Kier alpha value is -4.33. The monoisotopic (exact) mass is 395 g/mol. The zero-order chi connectivity index (χ0) is 20.3. The quantitative estimate of drug-likeness (QED) is 0.462. The Morgan fingerprint density at radius 2 is 1.80 bits per heavy atom. The number of nitrogens with zero attached hydrogens (tertiary/aromatic N) is 6. The van der Waals surface area contributed by atoms with Gasteiger partial charge in [-0.1, -0.05) is 42.5 Å². The topological polar surface area (TPSA) is 90.0 Å². The Morgan fingerprint density at radius 3 is 2.70 bits per heavy atom. The van der Waals surface area contributed by atoms with Gasteiger partial charge in [-0.2, -0.15) is 14.7 Å². The van der Waals surface area contributed by atoms with Crippen molar-refractivity contribution in [3.05, 3.63) is 90.7 Å². The van der Waals surface area contributed by atoms with Gasteiger partial charge in [0, 0.05) is 35.2 Å². The molecule has 2 aromatic carbocycles. The van der Waals surface area contributed by atoms with E-state index in [9.17, 15) is 4.79 Å². The Balaban J connectivity index is 1.27. The van der Waals surface area contributed by atoms with E-state index in [1.165, 1.54) is 6.08 Å². The Labute approximate surface area is 171 Å². The van der Waals surface area contributed by atoms with Gasteiger partial charge in [-0.15, -0.1) is 10.2 Å². The van der Waals surface area contributed by atoms with E-state index < -0.39 is 0 Å². The van der Waals surface area contributed by atoms with Crippen molar-refractivity contribution in [2.75, 3.05) is 0 Å². The third-order valence-corrected chi connectivity index (χ3v) is 4.69. The molecule has 0 spiro atoms. The summed E-state index contributed by atoms with van der Waals surface area (Å²) in [5, 5.41) is 21.8. The molecule has 8 nitrogen and oxygen atoms in total. The molecule has 30 heavy (non-hydrogen) atoms. The van der Waals surface area contributed by atoms with Crippen molar-refractivity contribution in [2.24, 2.45) is 0 Å². The van der Waals surface area contributed by atoms with Crippen LogP contribution in [0.1, 0.15) is 11.4 Å². The van der Waals surface area contributed by atoms with Crippen LogP contribution >= 0.6 is 0 Å². The number of carbonyl (C=O) groups excluding carboxylic acids is 1. The lowest BCUT2D eigenvalue weighted by molar-refractivity contribution is -0.116. The van der Waals surface area contributed by atoms with E-state index >= 15 is 0 Å². The fourth-order valence-electron chi connectivity index (χ4n) is 3.18. The summed E-state index contributed by atoms with van der Waals surface area (Å²) in [7, 11) is 0. The first-order valence-electron chi connectivity index (χ1n) is 9.42. The van der Waals surface area contributed by atoms with Crippen molar-refractivity contribution >= 4 is 28.4 Å². The van der Waals surface area contributed by atoms with Gasteiger partial charge in [0.25, 0.3) is 0 Å². The third-order valence-electron chi connectivity index (χ3n) is 4.69. The molecule has 1 amide bonds. The molecule has 0 saturated carbocycles. The summed E-state index contributed by atoms with van der Waals surface area (Å²) in [5.74, 6) is 0.253. The van der Waals surface area contributed by atoms with Crippen LogP contribution in [0.2, 0.25) is 0 Å². The second kappa shape index (κ2) is 7.59. The first-order valence-corrected chi connectivity index (χ1v) is 9.42. The fourth-order valence-corrected chi connectivity index (χ4v) is 3.18. The minimum atomic E-state index is -0.236. The summed E-state index contributed by atoms with van der Waals surface area (Å²) in [6.45, 7) is 0.374. The van der Waals surface area contributed by atoms with Crippen molar-refractivity contribution < 1.29 is 4.79 Å². The number of rotatable bonds is 5. The maximum atomic E-state index is 12.2. The fraction of sp³-hybridized carbons (Fsp3) is 0.0455. The number of hydrogen-bond donors (Lipinski definition) is 1. The minimum Gasteiger partial charge on any atom is -0.348 e. The van der Waals surface area contributed by atoms with Crippen LogP contribution in [0.5, 0.6) is 0 Å². The van der Waals surface area contributed by atoms with Gasteiger partial charge < -0.3 is 5.32 Å². The average Bonchev–Trinajstić information content (AvgIpc) is 3.44. The molecule has 3 aromatic heterocycles. The molecule has 8 heteroatoms. The highest BCUT2D eigenvalue weighted by Gasteiger charge is 2.08. The first-order chi connectivity index (χ1) is 14.8. The largest absolute Gasteiger partial charge is 0.348 e. The highest BCUT2D eigenvalue weighted by molar-refractivity contribution is 5.94. The molecule has 0 aliphatic heterocycles. The van der Waals surface area contributed by atoms with Gasteiger partial charge in [-0.05, 0) is 18.2 Å². The minimum absolute atomic E-state index is 0.236. The molecular weight excluding hydrogens is 378 g/mol. The summed E-state index contributed by atoms with van der Waals surface area (Å²) in [5.41, 5.74) is 2.52. The van der Waals surface area contributed by atoms with E-state index in [0.29, 0.717) is 18.0 Å². The second-order valence-electron chi connectivity index (χ2n) is 6.71. The van der Waals surface area contributed by atoms with Crippen molar-refractivity contribution in [1.29, 1.82) is 0 Å². The lowest BCUT2D eigenvalue weighted by Crippen LogP contribution is -2.20. The van der Waals surface area contributed by atoms with Gasteiger partial charge in [0.2, 0.25) is 5.91 Å². The normalized spacial score (nSPS) is 11.5. The molecule has 0 aliphatic carbocycles. The number of nitrogens with one attached hydrogen (secondary N) is 1. The Kier molecular flexibility index (Phi) is 4.49. The van der Waals surface area contributed by atoms with Crippen LogP contribution in [-0.2, 0) is 11.3 Å². The van der Waals surface area contributed by atoms with Gasteiger partial charge in [0.15, 0.2) is 11.5 Å². The highest BCUT2D eigenvalue weighted by Crippen LogP contribution is 2.17. The summed E-state index contributed by atoms with van der Waals surface area (Å²) >= 11 is 0. The number of para-hydroxylation sites is 1. The van der Waals surface area contributed by atoms with E-state index in [4.69, 9.17) is 0 Å². The van der Waals surface area contributed by atoms with E-state index in [1.807, 2.05) is 60.8 Å². The average molecular weight is 395 g/mol. The summed E-state index contributed by atoms with van der Waals surface area (Å²) < 4.78 is 3.39. The molecule has 0 bridgehead atoms. The van der Waals surface area contributed by atoms with Gasteiger partial charge in [0.1, 0.15) is 0 Å². The zero-order valence-electron chi connectivity index (χ0n) is 15.9. The Bertz CT molecular complexity index is 1370. The molecule has 5 aromatic rings. The van der Waals surface area contributed by atoms with Gasteiger partial charge in [0.05, 0.1) is 18.1 Å². The first kappa shape index (κ1) is 17.7. The molecule has 0 atom stereocenters. The molecule has 0 unspecified atom stereocenters. The maximum Gasteiger partial charge on any atom is 0.244 e. The molecular formula is C22H17N7O. The standard InChI is InChI=1S/C22H17N7O/c30-21(23-12-16-13-24-28(15-16)18-7-2-1-3-8-18)11-10-20-26-27-22-19-9-5-4-6-17(19)14-25-29(20)22/h1-11,13-15H,12H2,(H,23,30). The van der Waals surface area contributed by atoms with Crippen molar-refractivity contribution in [1.82, 2.24) is 34.9 Å². The third kappa shape index (κ3) is 3.42. The lowest BCUT2D eigenvalue weighted by atomic mass is 10.2. The second-order valence-corrected chi connectivity index (χ2v) is 6.71. The summed E-state index contributed by atoms with van der Waals surface area (Å²) in [6.07, 6.45) is 8.41. The van der Waals surface area contributed by atoms with Crippen LogP contribution in [0, 0.1) is 0 Å². The molecule has 0 aliphatic rings. The molecule has 0 radical (unpaired) electrons. The van der Waals surface area contributed by atoms with Gasteiger partial charge in [-0.3, -0.25) is 4.79 Å². The number of aromatic nitrogens is 6. The van der Waals surface area contributed by atoms with E-state index in [0.717, 1.165) is 22.0 Å². The number of amides is 1. The maximum absolute atomic E-state index is 12.2. The molecule has 1 N–H and O–H groups in total. The number of benzene rings is 2. The van der Waals surface area contributed by atoms with Crippen LogP contribution in [-0.4, -0.2) is 35.5 Å². The summed E-state index contributed by atoms with van der Waals surface area (Å²) in [6, 6.07) is 17.6. The smallest absolute Gasteiger partial charge is 0.244 e. The number of hydrogen-bond acceptors (Lipinski definition) is 5. The lowest BCUT2D eigenvalue weighted by Gasteiger charge is -2.00. The van der Waals surface area contributed by atoms with E-state index in [2.05, 4.69) is 25.7 Å². The van der Waals surface area contributed by atoms with Gasteiger partial charge in [-0.25, -0.2) is 4.68 Å². The predicted octanol–water partition coefficient (Wildman–Crippen LogP) is 2.79. The van der Waals surface area contributed by atoms with Crippen LogP contribution in [0.25, 0.3) is 28.2 Å². The zero-order valence-corrected chi connectivity index (χ0v) is 15.9. The molecule has 3 heterocycles. The van der Waals surface area contributed by atoms with Crippen molar-refractivity contribution in [3.8, 4) is 5.69 Å². The van der Waals surface area contributed by atoms with Crippen LogP contribution in [0.4, 0.5) is 0 Å².